The lowest BCUT2D eigenvalue weighted by Crippen LogP contribution is -2.56. The normalized spacial score (nSPS) is 17.3. The molecule has 0 aromatic heterocycles. The van der Waals surface area contributed by atoms with E-state index >= 15 is 0 Å². The molecule has 2 rings (SSSR count). The summed E-state index contributed by atoms with van der Waals surface area (Å²) in [4.78, 5) is 61.7. The second kappa shape index (κ2) is 11.1. The van der Waals surface area contributed by atoms with Crippen molar-refractivity contribution < 1.29 is 34.2 Å². The first-order chi connectivity index (χ1) is 15.1. The largest absolute Gasteiger partial charge is 0.508 e. The van der Waals surface area contributed by atoms with Gasteiger partial charge in [0.1, 0.15) is 23.9 Å². The van der Waals surface area contributed by atoms with Crippen molar-refractivity contribution in [2.24, 2.45) is 11.5 Å². The number of phenolic OH excluding ortho intramolecular Hbond substituents is 1. The molecule has 1 saturated heterocycles. The van der Waals surface area contributed by atoms with E-state index in [1.807, 2.05) is 0 Å². The lowest BCUT2D eigenvalue weighted by Gasteiger charge is -2.26. The van der Waals surface area contributed by atoms with Crippen molar-refractivity contribution >= 4 is 29.6 Å². The van der Waals surface area contributed by atoms with Crippen molar-refractivity contribution in [2.75, 3.05) is 13.1 Å². The molecule has 4 amide bonds. The van der Waals surface area contributed by atoms with Gasteiger partial charge in [-0.05, 0) is 30.5 Å². The minimum absolute atomic E-state index is 0.00275. The molecule has 0 spiro atoms. The number of phenols is 1. The Kier molecular flexibility index (Phi) is 8.53. The van der Waals surface area contributed by atoms with Crippen LogP contribution in [0.15, 0.2) is 24.3 Å². The number of benzene rings is 1. The number of carbonyl (C=O) groups is 5. The number of nitrogens with zero attached hydrogens (tertiary/aromatic N) is 1. The van der Waals surface area contributed by atoms with Crippen molar-refractivity contribution in [1.82, 2.24) is 15.5 Å². The van der Waals surface area contributed by atoms with E-state index in [-0.39, 0.29) is 18.7 Å². The number of hydrogen-bond donors (Lipinski definition) is 6. The summed E-state index contributed by atoms with van der Waals surface area (Å²) < 4.78 is 0. The first-order valence-electron chi connectivity index (χ1n) is 10.0. The molecule has 1 aromatic carbocycles. The van der Waals surface area contributed by atoms with Gasteiger partial charge in [-0.25, -0.2) is 4.79 Å². The average Bonchev–Trinajstić information content (AvgIpc) is 3.23. The van der Waals surface area contributed by atoms with Crippen LogP contribution in [0.5, 0.6) is 5.75 Å². The number of aromatic hydroxyl groups is 1. The van der Waals surface area contributed by atoms with Crippen LogP contribution in [0.2, 0.25) is 0 Å². The summed E-state index contributed by atoms with van der Waals surface area (Å²) in [7, 11) is 0. The molecule has 0 aliphatic carbocycles. The summed E-state index contributed by atoms with van der Waals surface area (Å²) in [5.74, 6) is -4.18. The Balaban J connectivity index is 2.10. The van der Waals surface area contributed by atoms with Gasteiger partial charge in [-0.3, -0.25) is 19.2 Å². The van der Waals surface area contributed by atoms with Gasteiger partial charge >= 0.3 is 5.97 Å². The van der Waals surface area contributed by atoms with E-state index in [0.29, 0.717) is 24.9 Å². The van der Waals surface area contributed by atoms with Crippen LogP contribution < -0.4 is 22.1 Å². The number of carbonyl (C=O) groups excluding carboxylic acids is 4. The molecule has 32 heavy (non-hydrogen) atoms. The van der Waals surface area contributed by atoms with Gasteiger partial charge in [0.15, 0.2) is 0 Å². The number of rotatable bonds is 10. The first kappa shape index (κ1) is 24.6. The summed E-state index contributed by atoms with van der Waals surface area (Å²) in [5.41, 5.74) is 11.1. The number of primary amides is 1. The lowest BCUT2D eigenvalue weighted by molar-refractivity contribution is -0.143. The van der Waals surface area contributed by atoms with Crippen molar-refractivity contribution in [3.05, 3.63) is 29.8 Å². The van der Waals surface area contributed by atoms with Crippen LogP contribution in [0, 0.1) is 0 Å². The topological polar surface area (TPSA) is 205 Å². The number of aliphatic carboxylic acids is 1. The van der Waals surface area contributed by atoms with Crippen LogP contribution in [0.4, 0.5) is 0 Å². The molecule has 12 heteroatoms. The zero-order chi connectivity index (χ0) is 23.8. The summed E-state index contributed by atoms with van der Waals surface area (Å²) in [6.45, 7) is 0.0705. The van der Waals surface area contributed by atoms with E-state index in [1.54, 1.807) is 0 Å². The highest BCUT2D eigenvalue weighted by Crippen LogP contribution is 2.18. The van der Waals surface area contributed by atoms with Gasteiger partial charge in [-0.1, -0.05) is 12.1 Å². The Labute approximate surface area is 183 Å². The number of carboxylic acid groups (broad SMARTS) is 1. The highest BCUT2D eigenvalue weighted by molar-refractivity contribution is 5.96. The third kappa shape index (κ3) is 6.67. The van der Waals surface area contributed by atoms with Crippen LogP contribution in [0.25, 0.3) is 0 Å². The SMILES string of the molecule is NCC(=O)N1CCCC1C(=O)NC(CC(N)=O)C(=O)NC(Cc1ccc(O)cc1)C(=O)O. The number of hydrogen-bond acceptors (Lipinski definition) is 7. The number of likely N-dealkylation sites (tertiary alicyclic amines) is 1. The number of carboxylic acids is 1. The average molecular weight is 449 g/mol. The standard InChI is InChI=1S/C20H27N5O7/c21-10-17(28)25-7-1-2-15(25)19(30)23-13(9-16(22)27)18(29)24-14(20(31)32)8-11-3-5-12(26)6-4-11/h3-6,13-15,26H,1-2,7-10,21H2,(H2,22,27)(H,23,30)(H,24,29)(H,31,32). The second-order valence-corrected chi connectivity index (χ2v) is 7.45. The molecule has 1 heterocycles. The van der Waals surface area contributed by atoms with Crippen LogP contribution in [0.1, 0.15) is 24.8 Å². The summed E-state index contributed by atoms with van der Waals surface area (Å²) in [6.07, 6.45) is 0.284. The molecule has 0 saturated carbocycles. The van der Waals surface area contributed by atoms with Crippen LogP contribution in [-0.2, 0) is 30.4 Å². The van der Waals surface area contributed by atoms with Gasteiger partial charge in [0.25, 0.3) is 0 Å². The molecule has 1 aliphatic heterocycles. The van der Waals surface area contributed by atoms with Crippen LogP contribution in [-0.4, -0.2) is 75.9 Å². The smallest absolute Gasteiger partial charge is 0.326 e. The number of nitrogens with one attached hydrogen (secondary N) is 2. The molecule has 8 N–H and O–H groups in total. The minimum atomic E-state index is -1.42. The fourth-order valence-electron chi connectivity index (χ4n) is 3.47. The Bertz CT molecular complexity index is 874. The Morgan fingerprint density at radius 2 is 1.75 bits per heavy atom. The second-order valence-electron chi connectivity index (χ2n) is 7.45. The van der Waals surface area contributed by atoms with Gasteiger partial charge in [0.2, 0.25) is 23.6 Å². The molecule has 0 radical (unpaired) electrons. The molecule has 174 valence electrons. The van der Waals surface area contributed by atoms with E-state index in [2.05, 4.69) is 10.6 Å². The molecule has 1 fully saturated rings. The Morgan fingerprint density at radius 3 is 2.31 bits per heavy atom. The van der Waals surface area contributed by atoms with E-state index in [1.165, 1.54) is 29.2 Å². The fourth-order valence-corrected chi connectivity index (χ4v) is 3.47. The monoisotopic (exact) mass is 449 g/mol. The van der Waals surface area contributed by atoms with Crippen LogP contribution >= 0.6 is 0 Å². The predicted molar refractivity (Wildman–Crippen MR) is 111 cm³/mol. The summed E-state index contributed by atoms with van der Waals surface area (Å²) in [6, 6.07) is 2.14. The molecule has 1 aromatic rings. The van der Waals surface area contributed by atoms with Crippen molar-refractivity contribution in [1.29, 1.82) is 0 Å². The maximum atomic E-state index is 12.7. The van der Waals surface area contributed by atoms with Crippen molar-refractivity contribution in [2.45, 2.75) is 43.8 Å². The maximum Gasteiger partial charge on any atom is 0.326 e. The Hall–Kier alpha value is -3.67. The van der Waals surface area contributed by atoms with Crippen molar-refractivity contribution in [3.8, 4) is 5.75 Å². The molecule has 12 nitrogen and oxygen atoms in total. The molecule has 3 atom stereocenters. The number of amides is 4. The van der Waals surface area contributed by atoms with E-state index in [9.17, 15) is 34.2 Å². The molecule has 3 unspecified atom stereocenters. The van der Waals surface area contributed by atoms with Gasteiger partial charge in [0, 0.05) is 13.0 Å². The highest BCUT2D eigenvalue weighted by atomic mass is 16.4. The third-order valence-electron chi connectivity index (χ3n) is 5.08. The molecular weight excluding hydrogens is 422 g/mol. The van der Waals surface area contributed by atoms with Crippen molar-refractivity contribution in [3.63, 3.8) is 0 Å². The molecular formula is C20H27N5O7. The fraction of sp³-hybridized carbons (Fsp3) is 0.450. The zero-order valence-electron chi connectivity index (χ0n) is 17.3. The summed E-state index contributed by atoms with van der Waals surface area (Å²) in [5, 5.41) is 23.5. The molecule has 1 aliphatic rings. The third-order valence-corrected chi connectivity index (χ3v) is 5.08. The van der Waals surface area contributed by atoms with E-state index in [0.717, 1.165) is 0 Å². The van der Waals surface area contributed by atoms with Gasteiger partial charge in [0.05, 0.1) is 13.0 Å². The van der Waals surface area contributed by atoms with E-state index in [4.69, 9.17) is 11.5 Å². The predicted octanol–water partition coefficient (Wildman–Crippen LogP) is -2.19. The quantitative estimate of drug-likeness (QED) is 0.231. The van der Waals surface area contributed by atoms with Gasteiger partial charge in [-0.15, -0.1) is 0 Å². The minimum Gasteiger partial charge on any atom is -0.508 e. The van der Waals surface area contributed by atoms with Gasteiger partial charge < -0.3 is 37.2 Å². The van der Waals surface area contributed by atoms with Gasteiger partial charge in [-0.2, -0.15) is 0 Å². The van der Waals surface area contributed by atoms with E-state index < -0.39 is 54.1 Å². The van der Waals surface area contributed by atoms with Crippen LogP contribution in [0.3, 0.4) is 0 Å². The summed E-state index contributed by atoms with van der Waals surface area (Å²) >= 11 is 0. The lowest BCUT2D eigenvalue weighted by atomic mass is 10.0. The Morgan fingerprint density at radius 1 is 1.09 bits per heavy atom. The first-order valence-corrected chi connectivity index (χ1v) is 10.0. The maximum absolute atomic E-state index is 12.7. The number of nitrogens with two attached hydrogens (primary N) is 2. The highest BCUT2D eigenvalue weighted by Gasteiger charge is 2.36. The molecule has 0 bridgehead atoms. The zero-order valence-corrected chi connectivity index (χ0v) is 17.3.